The second-order valence-electron chi connectivity index (χ2n) is 7.31. The number of rotatable bonds is 5. The SMILES string of the molecule is CN(C)c1cccc2c(Cn3cc(O)n(-c4ccc(OC(F)(F)F)cc4)c3=O)ccnc12. The van der Waals surface area contributed by atoms with Gasteiger partial charge in [0.25, 0.3) is 0 Å². The predicted octanol–water partition coefficient (Wildman–Crippen LogP) is 3.91. The van der Waals surface area contributed by atoms with E-state index in [1.807, 2.05) is 37.2 Å². The van der Waals surface area contributed by atoms with Crippen molar-refractivity contribution in [2.75, 3.05) is 19.0 Å². The molecule has 2 aromatic heterocycles. The zero-order valence-corrected chi connectivity index (χ0v) is 17.2. The normalized spacial score (nSPS) is 11.7. The molecule has 1 N–H and O–H groups in total. The highest BCUT2D eigenvalue weighted by molar-refractivity contribution is 5.92. The number of benzene rings is 2. The molecule has 0 bridgehead atoms. The van der Waals surface area contributed by atoms with Crippen molar-refractivity contribution in [3.63, 3.8) is 0 Å². The molecular weight excluding hydrogens is 425 g/mol. The first-order valence-electron chi connectivity index (χ1n) is 9.55. The zero-order chi connectivity index (χ0) is 23.0. The summed E-state index contributed by atoms with van der Waals surface area (Å²) in [6, 6.07) is 12.2. The summed E-state index contributed by atoms with van der Waals surface area (Å²) < 4.78 is 43.2. The van der Waals surface area contributed by atoms with Gasteiger partial charge in [0.15, 0.2) is 0 Å². The maximum atomic E-state index is 13.0. The predicted molar refractivity (Wildman–Crippen MR) is 114 cm³/mol. The number of ether oxygens (including phenoxy) is 1. The molecule has 0 unspecified atom stereocenters. The van der Waals surface area contributed by atoms with Crippen LogP contribution in [0.3, 0.4) is 0 Å². The molecule has 0 fully saturated rings. The molecule has 0 radical (unpaired) electrons. The maximum Gasteiger partial charge on any atom is 0.573 e. The zero-order valence-electron chi connectivity index (χ0n) is 17.2. The quantitative estimate of drug-likeness (QED) is 0.506. The van der Waals surface area contributed by atoms with Gasteiger partial charge in [0.2, 0.25) is 5.88 Å². The summed E-state index contributed by atoms with van der Waals surface area (Å²) in [4.78, 5) is 19.4. The Bertz CT molecular complexity index is 1330. The monoisotopic (exact) mass is 444 g/mol. The van der Waals surface area contributed by atoms with Gasteiger partial charge in [-0.1, -0.05) is 12.1 Å². The number of para-hydroxylation sites is 1. The first kappa shape index (κ1) is 21.3. The Morgan fingerprint density at radius 2 is 1.81 bits per heavy atom. The van der Waals surface area contributed by atoms with Gasteiger partial charge in [-0.3, -0.25) is 9.55 Å². The minimum Gasteiger partial charge on any atom is -0.493 e. The van der Waals surface area contributed by atoms with Crippen LogP contribution in [0.1, 0.15) is 5.56 Å². The Balaban J connectivity index is 1.69. The van der Waals surface area contributed by atoms with E-state index in [0.29, 0.717) is 0 Å². The number of halogens is 3. The number of pyridine rings is 1. The number of nitrogens with zero attached hydrogens (tertiary/aromatic N) is 4. The van der Waals surface area contributed by atoms with Crippen molar-refractivity contribution >= 4 is 16.6 Å². The number of aromatic nitrogens is 3. The van der Waals surface area contributed by atoms with Crippen LogP contribution in [0.4, 0.5) is 18.9 Å². The molecule has 4 aromatic rings. The lowest BCUT2D eigenvalue weighted by molar-refractivity contribution is -0.274. The molecule has 0 aliphatic rings. The van der Waals surface area contributed by atoms with Crippen LogP contribution >= 0.6 is 0 Å². The van der Waals surface area contributed by atoms with Crippen LogP contribution < -0.4 is 15.3 Å². The van der Waals surface area contributed by atoms with Gasteiger partial charge in [-0.25, -0.2) is 9.36 Å². The van der Waals surface area contributed by atoms with Gasteiger partial charge in [-0.2, -0.15) is 0 Å². The lowest BCUT2D eigenvalue weighted by Gasteiger charge is -2.16. The number of hydrogen-bond acceptors (Lipinski definition) is 5. The molecular formula is C22H19F3N4O3. The summed E-state index contributed by atoms with van der Waals surface area (Å²) >= 11 is 0. The second-order valence-corrected chi connectivity index (χ2v) is 7.31. The van der Waals surface area contributed by atoms with Crippen molar-refractivity contribution in [3.8, 4) is 17.3 Å². The van der Waals surface area contributed by atoms with Crippen LogP contribution in [0.25, 0.3) is 16.6 Å². The van der Waals surface area contributed by atoms with Crippen molar-refractivity contribution in [2.45, 2.75) is 12.9 Å². The number of alkyl halides is 3. The Labute approximate surface area is 180 Å². The Morgan fingerprint density at radius 3 is 2.47 bits per heavy atom. The largest absolute Gasteiger partial charge is 0.573 e. The minimum absolute atomic E-state index is 0.171. The highest BCUT2D eigenvalue weighted by atomic mass is 19.4. The van der Waals surface area contributed by atoms with E-state index in [9.17, 15) is 23.1 Å². The molecule has 7 nitrogen and oxygen atoms in total. The van der Waals surface area contributed by atoms with E-state index in [1.54, 1.807) is 12.3 Å². The molecule has 0 atom stereocenters. The van der Waals surface area contributed by atoms with Crippen molar-refractivity contribution in [1.29, 1.82) is 0 Å². The third kappa shape index (κ3) is 4.11. The molecule has 0 amide bonds. The Kier molecular flexibility index (Phi) is 5.29. The fraction of sp³-hybridized carbons (Fsp3) is 0.182. The molecule has 0 aliphatic heterocycles. The van der Waals surface area contributed by atoms with E-state index in [2.05, 4.69) is 9.72 Å². The number of fused-ring (bicyclic) bond motifs is 1. The van der Waals surface area contributed by atoms with Crippen LogP contribution in [0, 0.1) is 0 Å². The summed E-state index contributed by atoms with van der Waals surface area (Å²) in [7, 11) is 3.83. The van der Waals surface area contributed by atoms with Gasteiger partial charge in [0.1, 0.15) is 5.75 Å². The van der Waals surface area contributed by atoms with Crippen molar-refractivity contribution in [2.24, 2.45) is 0 Å². The van der Waals surface area contributed by atoms with E-state index in [1.165, 1.54) is 22.9 Å². The highest BCUT2D eigenvalue weighted by Gasteiger charge is 2.31. The average Bonchev–Trinajstić information content (AvgIpc) is 3.00. The van der Waals surface area contributed by atoms with Crippen molar-refractivity contribution in [3.05, 3.63) is 77.0 Å². The summed E-state index contributed by atoms with van der Waals surface area (Å²) in [5, 5.41) is 11.2. The van der Waals surface area contributed by atoms with Crippen LogP contribution in [0.5, 0.6) is 11.6 Å². The first-order chi connectivity index (χ1) is 15.1. The van der Waals surface area contributed by atoms with E-state index >= 15 is 0 Å². The molecule has 0 saturated carbocycles. The minimum atomic E-state index is -4.82. The first-order valence-corrected chi connectivity index (χ1v) is 9.55. The van der Waals surface area contributed by atoms with Crippen LogP contribution in [0.2, 0.25) is 0 Å². The van der Waals surface area contributed by atoms with E-state index in [0.717, 1.165) is 38.9 Å². The lowest BCUT2D eigenvalue weighted by atomic mass is 10.1. The van der Waals surface area contributed by atoms with Gasteiger partial charge in [-0.15, -0.1) is 13.2 Å². The molecule has 32 heavy (non-hydrogen) atoms. The smallest absolute Gasteiger partial charge is 0.493 e. The summed E-state index contributed by atoms with van der Waals surface area (Å²) in [5.41, 5.74) is 2.20. The van der Waals surface area contributed by atoms with Gasteiger partial charge in [0.05, 0.1) is 29.6 Å². The summed E-state index contributed by atoms with van der Waals surface area (Å²) in [5.74, 6) is -0.764. The second kappa shape index (κ2) is 7.95. The molecule has 10 heteroatoms. The van der Waals surface area contributed by atoms with Crippen molar-refractivity contribution < 1.29 is 23.0 Å². The maximum absolute atomic E-state index is 13.0. The fourth-order valence-electron chi connectivity index (χ4n) is 3.53. The molecule has 0 aliphatic carbocycles. The molecule has 0 spiro atoms. The third-order valence-corrected chi connectivity index (χ3v) is 4.93. The number of aromatic hydroxyl groups is 1. The summed E-state index contributed by atoms with van der Waals surface area (Å²) in [6.07, 6.45) is -1.87. The van der Waals surface area contributed by atoms with Crippen LogP contribution in [-0.4, -0.2) is 39.7 Å². The van der Waals surface area contributed by atoms with Gasteiger partial charge in [-0.05, 0) is 42.0 Å². The average molecular weight is 444 g/mol. The van der Waals surface area contributed by atoms with Gasteiger partial charge < -0.3 is 14.7 Å². The standard InChI is InChI=1S/C22H19F3N4O3/c1-27(2)18-5-3-4-17-14(10-11-26-20(17)18)12-28-13-19(30)29(21(28)31)15-6-8-16(9-7-15)32-22(23,24)25/h3-11,13,30H,12H2,1-2H3. The van der Waals surface area contributed by atoms with Crippen LogP contribution in [0.15, 0.2) is 65.7 Å². The van der Waals surface area contributed by atoms with Gasteiger partial charge in [0, 0.05) is 25.7 Å². The number of anilines is 1. The molecule has 2 aromatic carbocycles. The van der Waals surface area contributed by atoms with Gasteiger partial charge >= 0.3 is 12.1 Å². The fourth-order valence-corrected chi connectivity index (χ4v) is 3.53. The molecule has 4 rings (SSSR count). The topological polar surface area (TPSA) is 72.5 Å². The number of hydrogen-bond donors (Lipinski definition) is 1. The van der Waals surface area contributed by atoms with E-state index in [4.69, 9.17) is 0 Å². The molecule has 166 valence electrons. The van der Waals surface area contributed by atoms with Crippen molar-refractivity contribution in [1.82, 2.24) is 14.1 Å². The number of imidazole rings is 1. The Hall–Kier alpha value is -3.95. The van der Waals surface area contributed by atoms with E-state index in [-0.39, 0.29) is 18.1 Å². The summed E-state index contributed by atoms with van der Waals surface area (Å²) in [6.45, 7) is 0.171. The van der Waals surface area contributed by atoms with E-state index < -0.39 is 17.8 Å². The van der Waals surface area contributed by atoms with Crippen LogP contribution in [-0.2, 0) is 6.54 Å². The molecule has 0 saturated heterocycles. The third-order valence-electron chi connectivity index (χ3n) is 4.93. The molecule has 2 heterocycles. The Morgan fingerprint density at radius 1 is 1.09 bits per heavy atom. The highest BCUT2D eigenvalue weighted by Crippen LogP contribution is 2.27. The lowest BCUT2D eigenvalue weighted by Crippen LogP contribution is -2.23.